The number of benzene rings is 2. The number of aromatic nitrogens is 1. The number of rotatable bonds is 4. The van der Waals surface area contributed by atoms with Crippen molar-refractivity contribution < 1.29 is 0 Å². The van der Waals surface area contributed by atoms with Crippen molar-refractivity contribution in [3.05, 3.63) is 52.0 Å². The topological polar surface area (TPSA) is 27.8 Å². The Morgan fingerprint density at radius 3 is 2.60 bits per heavy atom. The third-order valence-electron chi connectivity index (χ3n) is 3.20. The Kier molecular flexibility index (Phi) is 3.85. The maximum absolute atomic E-state index is 5.17. The molecule has 0 saturated carbocycles. The molecule has 2 nitrogen and oxygen atoms in total. The van der Waals surface area contributed by atoms with Crippen LogP contribution < -0.4 is 5.32 Å². The molecule has 1 heterocycles. The SMILES string of the molecule is CCCc1ccc(Nc2ccc3[nH]c(=S)sc3c2)cc1. The number of thiazole rings is 1. The highest BCUT2D eigenvalue weighted by atomic mass is 32.1. The highest BCUT2D eigenvalue weighted by molar-refractivity contribution is 7.73. The van der Waals surface area contributed by atoms with E-state index < -0.39 is 0 Å². The Hall–Kier alpha value is -1.65. The van der Waals surface area contributed by atoms with Crippen LogP contribution in [-0.4, -0.2) is 4.98 Å². The molecule has 102 valence electrons. The number of H-pyrrole nitrogens is 1. The lowest BCUT2D eigenvalue weighted by Crippen LogP contribution is -1.90. The molecule has 2 N–H and O–H groups in total. The zero-order chi connectivity index (χ0) is 13.9. The number of anilines is 2. The average Bonchev–Trinajstić information content (AvgIpc) is 2.81. The molecule has 1 aromatic heterocycles. The van der Waals surface area contributed by atoms with Crippen molar-refractivity contribution in [1.82, 2.24) is 4.98 Å². The summed E-state index contributed by atoms with van der Waals surface area (Å²) >= 11 is 6.77. The Labute approximate surface area is 127 Å². The number of fused-ring (bicyclic) bond motifs is 1. The van der Waals surface area contributed by atoms with Crippen molar-refractivity contribution in [3.8, 4) is 0 Å². The minimum Gasteiger partial charge on any atom is -0.355 e. The summed E-state index contributed by atoms with van der Waals surface area (Å²) in [7, 11) is 0. The van der Waals surface area contributed by atoms with E-state index in [1.807, 2.05) is 0 Å². The fourth-order valence-electron chi connectivity index (χ4n) is 2.23. The molecule has 0 amide bonds. The summed E-state index contributed by atoms with van der Waals surface area (Å²) < 4.78 is 2.00. The average molecular weight is 300 g/mol. The Bertz CT molecular complexity index is 769. The molecule has 0 radical (unpaired) electrons. The van der Waals surface area contributed by atoms with Crippen LogP contribution in [0.5, 0.6) is 0 Å². The van der Waals surface area contributed by atoms with E-state index in [9.17, 15) is 0 Å². The number of hydrogen-bond acceptors (Lipinski definition) is 3. The molecular weight excluding hydrogens is 284 g/mol. The molecule has 20 heavy (non-hydrogen) atoms. The zero-order valence-electron chi connectivity index (χ0n) is 11.3. The van der Waals surface area contributed by atoms with Crippen LogP contribution in [0, 0.1) is 3.95 Å². The molecule has 0 bridgehead atoms. The first kappa shape index (κ1) is 13.3. The fourth-order valence-corrected chi connectivity index (χ4v) is 3.39. The number of aryl methyl sites for hydroxylation is 1. The van der Waals surface area contributed by atoms with Gasteiger partial charge in [0.1, 0.15) is 0 Å². The quantitative estimate of drug-likeness (QED) is 0.609. The van der Waals surface area contributed by atoms with Crippen molar-refractivity contribution in [3.63, 3.8) is 0 Å². The summed E-state index contributed by atoms with van der Waals surface area (Å²) in [6, 6.07) is 14.9. The molecule has 0 fully saturated rings. The summed E-state index contributed by atoms with van der Waals surface area (Å²) in [5, 5.41) is 3.43. The molecular formula is C16H16N2S2. The van der Waals surface area contributed by atoms with Gasteiger partial charge in [0.05, 0.1) is 10.2 Å². The third-order valence-corrected chi connectivity index (χ3v) is 4.40. The zero-order valence-corrected chi connectivity index (χ0v) is 12.9. The summed E-state index contributed by atoms with van der Waals surface area (Å²) in [5.74, 6) is 0. The minimum atomic E-state index is 0.820. The van der Waals surface area contributed by atoms with Gasteiger partial charge in [-0.2, -0.15) is 0 Å². The van der Waals surface area contributed by atoms with Crippen LogP contribution in [0.1, 0.15) is 18.9 Å². The Morgan fingerprint density at radius 1 is 1.10 bits per heavy atom. The highest BCUT2D eigenvalue weighted by Crippen LogP contribution is 2.25. The number of nitrogens with one attached hydrogen (secondary N) is 2. The largest absolute Gasteiger partial charge is 0.355 e. The fraction of sp³-hybridized carbons (Fsp3) is 0.188. The molecule has 0 aliphatic rings. The van der Waals surface area contributed by atoms with Crippen LogP contribution in [-0.2, 0) is 6.42 Å². The van der Waals surface area contributed by atoms with E-state index in [4.69, 9.17) is 12.2 Å². The van der Waals surface area contributed by atoms with Crippen molar-refractivity contribution in [2.75, 3.05) is 5.32 Å². The first-order valence-electron chi connectivity index (χ1n) is 6.73. The van der Waals surface area contributed by atoms with Gasteiger partial charge < -0.3 is 10.3 Å². The second-order valence-corrected chi connectivity index (χ2v) is 6.52. The molecule has 3 rings (SSSR count). The molecule has 3 aromatic rings. The first-order valence-corrected chi connectivity index (χ1v) is 7.96. The van der Waals surface area contributed by atoms with E-state index in [0.29, 0.717) is 0 Å². The van der Waals surface area contributed by atoms with Gasteiger partial charge in [0, 0.05) is 11.4 Å². The normalized spacial score (nSPS) is 10.8. The van der Waals surface area contributed by atoms with Gasteiger partial charge in [-0.3, -0.25) is 0 Å². The lowest BCUT2D eigenvalue weighted by atomic mass is 10.1. The summed E-state index contributed by atoms with van der Waals surface area (Å²) in [6.45, 7) is 2.20. The molecule has 2 aromatic carbocycles. The summed E-state index contributed by atoms with van der Waals surface area (Å²) in [4.78, 5) is 3.18. The van der Waals surface area contributed by atoms with E-state index in [0.717, 1.165) is 27.3 Å². The minimum absolute atomic E-state index is 0.820. The van der Waals surface area contributed by atoms with Gasteiger partial charge in [0.25, 0.3) is 0 Å². The molecule has 0 saturated heterocycles. The van der Waals surface area contributed by atoms with Crippen molar-refractivity contribution in [2.45, 2.75) is 19.8 Å². The molecule has 0 aliphatic carbocycles. The lowest BCUT2D eigenvalue weighted by Gasteiger charge is -2.07. The molecule has 0 atom stereocenters. The van der Waals surface area contributed by atoms with Crippen LogP contribution >= 0.6 is 23.6 Å². The Balaban J connectivity index is 1.82. The molecule has 0 aliphatic heterocycles. The van der Waals surface area contributed by atoms with Crippen LogP contribution in [0.25, 0.3) is 10.2 Å². The van der Waals surface area contributed by atoms with Gasteiger partial charge in [-0.15, -0.1) is 11.3 Å². The number of hydrogen-bond donors (Lipinski definition) is 2. The standard InChI is InChI=1S/C16H16N2S2/c1-2-3-11-4-6-12(7-5-11)17-13-8-9-14-15(10-13)20-16(19)18-14/h4-10,17H,2-3H2,1H3,(H,18,19). The van der Waals surface area contributed by atoms with Gasteiger partial charge in [-0.25, -0.2) is 0 Å². The monoisotopic (exact) mass is 300 g/mol. The van der Waals surface area contributed by atoms with Gasteiger partial charge in [0.15, 0.2) is 3.95 Å². The second kappa shape index (κ2) is 5.77. The first-order chi connectivity index (χ1) is 9.74. The lowest BCUT2D eigenvalue weighted by molar-refractivity contribution is 0.922. The second-order valence-electron chi connectivity index (χ2n) is 4.80. The van der Waals surface area contributed by atoms with E-state index in [1.165, 1.54) is 16.7 Å². The van der Waals surface area contributed by atoms with E-state index in [-0.39, 0.29) is 0 Å². The van der Waals surface area contributed by atoms with Crippen LogP contribution in [0.15, 0.2) is 42.5 Å². The van der Waals surface area contributed by atoms with Crippen LogP contribution in [0.2, 0.25) is 0 Å². The smallest absolute Gasteiger partial charge is 0.159 e. The van der Waals surface area contributed by atoms with E-state index in [2.05, 4.69) is 59.7 Å². The van der Waals surface area contributed by atoms with Crippen molar-refractivity contribution in [2.24, 2.45) is 0 Å². The predicted octanol–water partition coefficient (Wildman–Crippen LogP) is 5.65. The van der Waals surface area contributed by atoms with Crippen LogP contribution in [0.4, 0.5) is 11.4 Å². The van der Waals surface area contributed by atoms with Gasteiger partial charge >= 0.3 is 0 Å². The molecule has 4 heteroatoms. The molecule has 0 unspecified atom stereocenters. The summed E-state index contributed by atoms with van der Waals surface area (Å²) in [5.41, 5.74) is 4.69. The van der Waals surface area contributed by atoms with Crippen molar-refractivity contribution >= 4 is 45.1 Å². The van der Waals surface area contributed by atoms with E-state index >= 15 is 0 Å². The maximum atomic E-state index is 5.17. The third kappa shape index (κ3) is 2.92. The Morgan fingerprint density at radius 2 is 1.85 bits per heavy atom. The molecule has 0 spiro atoms. The van der Waals surface area contributed by atoms with Crippen molar-refractivity contribution in [1.29, 1.82) is 0 Å². The highest BCUT2D eigenvalue weighted by Gasteiger charge is 2.00. The number of aromatic amines is 1. The van der Waals surface area contributed by atoms with Gasteiger partial charge in [-0.1, -0.05) is 25.5 Å². The van der Waals surface area contributed by atoms with E-state index in [1.54, 1.807) is 11.3 Å². The summed E-state index contributed by atoms with van der Waals surface area (Å²) in [6.07, 6.45) is 2.32. The maximum Gasteiger partial charge on any atom is 0.159 e. The van der Waals surface area contributed by atoms with Crippen LogP contribution in [0.3, 0.4) is 0 Å². The predicted molar refractivity (Wildman–Crippen MR) is 90.7 cm³/mol. The van der Waals surface area contributed by atoms with Gasteiger partial charge in [0.2, 0.25) is 0 Å². The van der Waals surface area contributed by atoms with Gasteiger partial charge in [-0.05, 0) is 54.5 Å².